The van der Waals surface area contributed by atoms with Crippen LogP contribution in [0.3, 0.4) is 0 Å². The summed E-state index contributed by atoms with van der Waals surface area (Å²) in [5.41, 5.74) is 14.7. The van der Waals surface area contributed by atoms with E-state index in [1.165, 1.54) is 0 Å². The van der Waals surface area contributed by atoms with Crippen LogP contribution in [0.2, 0.25) is 0 Å². The van der Waals surface area contributed by atoms with E-state index < -0.39 is 158 Å². The van der Waals surface area contributed by atoms with Crippen molar-refractivity contribution in [3.63, 3.8) is 0 Å². The highest BCUT2D eigenvalue weighted by Gasteiger charge is 2.47. The number of ether oxygens (including phenoxy) is 4. The molecule has 4 aliphatic carbocycles. The number of hydrogen-bond donors (Lipinski definition) is 15. The van der Waals surface area contributed by atoms with Crippen LogP contribution in [0.1, 0.15) is 310 Å². The third kappa shape index (κ3) is 25.5. The maximum Gasteiger partial charge on any atom is 0.319 e. The number of halogens is 8. The predicted molar refractivity (Wildman–Crippen MR) is 530 cm³/mol. The molecule has 784 valence electrons. The molecule has 5 aromatic heterocycles. The number of urea groups is 4. The van der Waals surface area contributed by atoms with Gasteiger partial charge in [-0.1, -0.05) is 55.4 Å². The van der Waals surface area contributed by atoms with E-state index >= 15 is 0 Å². The molecule has 4 unspecified atom stereocenters. The number of hydrogen-bond acceptors (Lipinski definition) is 21. The van der Waals surface area contributed by atoms with E-state index in [-0.39, 0.29) is 60.9 Å². The van der Waals surface area contributed by atoms with Gasteiger partial charge in [-0.25, -0.2) is 79.2 Å². The Morgan fingerprint density at radius 1 is 0.377 bits per heavy atom. The van der Waals surface area contributed by atoms with E-state index in [9.17, 15) is 89.4 Å². The molecule has 8 atom stereocenters. The van der Waals surface area contributed by atoms with E-state index in [0.29, 0.717) is 181 Å². The molecule has 17 rings (SSSR count). The molecule has 9 aromatic rings. The van der Waals surface area contributed by atoms with Gasteiger partial charge in [-0.3, -0.25) is 14.6 Å². The topological polar surface area (TPSA) is 452 Å². The predicted octanol–water partition coefficient (Wildman–Crippen LogP) is 17.2. The van der Waals surface area contributed by atoms with E-state index in [1.54, 1.807) is 58.4 Å². The summed E-state index contributed by atoms with van der Waals surface area (Å²) in [7, 11) is 0. The van der Waals surface area contributed by atoms with Gasteiger partial charge in [0.05, 0.1) is 105 Å². The summed E-state index contributed by atoms with van der Waals surface area (Å²) in [6, 6.07) is 9.71. The first-order valence-electron chi connectivity index (χ1n) is 49.2. The first-order chi connectivity index (χ1) is 68.8. The smallest absolute Gasteiger partial charge is 0.319 e. The average molecular weight is 2030 g/mol. The number of aliphatic hydroxyl groups is 5. The van der Waals surface area contributed by atoms with Gasteiger partial charge in [0.2, 0.25) is 0 Å². The highest BCUT2D eigenvalue weighted by molar-refractivity contribution is 5.97. The molecular formula is C107H130F8N16O15. The summed E-state index contributed by atoms with van der Waals surface area (Å²) >= 11 is 0. The zero-order valence-corrected chi connectivity index (χ0v) is 84.5. The number of carbonyl (C=O) groups excluding carboxylic acids is 6. The van der Waals surface area contributed by atoms with Gasteiger partial charge in [-0.05, 0) is 287 Å². The van der Waals surface area contributed by atoms with Gasteiger partial charge in [-0.15, -0.1) is 0 Å². The number of nitrogens with one attached hydrogen (secondary N) is 9. The minimum absolute atomic E-state index is 0.0362. The number of carbonyl (C=O) groups is 6. The van der Waals surface area contributed by atoms with Gasteiger partial charge in [-0.2, -0.15) is 0 Å². The molecule has 0 saturated carbocycles. The van der Waals surface area contributed by atoms with Gasteiger partial charge >= 0.3 is 24.1 Å². The highest BCUT2D eigenvalue weighted by Crippen LogP contribution is 2.49. The Morgan fingerprint density at radius 2 is 0.651 bits per heavy atom. The Kier molecular flexibility index (Phi) is 33.8. The lowest BCUT2D eigenvalue weighted by Gasteiger charge is -2.40. The molecule has 4 aliphatic heterocycles. The Hall–Kier alpha value is -12.3. The van der Waals surface area contributed by atoms with E-state index in [0.717, 1.165) is 108 Å². The molecule has 4 aromatic carbocycles. The van der Waals surface area contributed by atoms with E-state index in [4.69, 9.17) is 29.7 Å². The van der Waals surface area contributed by atoms with Crippen LogP contribution in [0, 0.1) is 81.2 Å². The maximum atomic E-state index is 14.2. The van der Waals surface area contributed by atoms with Crippen molar-refractivity contribution in [3.8, 4) is 11.3 Å². The van der Waals surface area contributed by atoms with Crippen molar-refractivity contribution in [1.82, 2.24) is 56.5 Å². The molecule has 10 amide bonds. The first-order valence-corrected chi connectivity index (χ1v) is 49.2. The van der Waals surface area contributed by atoms with Gasteiger partial charge < -0.3 is 98.1 Å². The van der Waals surface area contributed by atoms with Crippen LogP contribution in [0.25, 0.3) is 11.3 Å². The van der Waals surface area contributed by atoms with Crippen molar-refractivity contribution < 1.29 is 108 Å². The summed E-state index contributed by atoms with van der Waals surface area (Å²) in [6.45, 7) is 31.5. The van der Waals surface area contributed by atoms with Crippen LogP contribution in [0.5, 0.6) is 0 Å². The number of fused-ring (bicyclic) bond motifs is 4. The lowest BCUT2D eigenvalue weighted by molar-refractivity contribution is 0.0690. The Bertz CT molecular complexity index is 6370. The number of pyridine rings is 4. The summed E-state index contributed by atoms with van der Waals surface area (Å²) in [5.74, 6) is -8.32. The third-order valence-corrected chi connectivity index (χ3v) is 28.6. The Balaban J connectivity index is 0.000000154. The largest absolute Gasteiger partial charge is 0.391 e. The zero-order chi connectivity index (χ0) is 106. The number of aromatic nitrogens is 6. The number of benzene rings is 4. The van der Waals surface area contributed by atoms with E-state index in [2.05, 4.69) is 72.8 Å². The molecule has 0 bridgehead atoms. The van der Waals surface area contributed by atoms with Gasteiger partial charge in [0.25, 0.3) is 11.8 Å². The molecule has 4 fully saturated rings. The highest BCUT2D eigenvalue weighted by atomic mass is 19.2. The van der Waals surface area contributed by atoms with Crippen LogP contribution in [-0.2, 0) is 40.6 Å². The average Bonchev–Trinajstić information content (AvgIpc) is 0.765. The van der Waals surface area contributed by atoms with Crippen LogP contribution in [0.4, 0.5) is 77.1 Å². The Labute approximate surface area is 842 Å². The molecule has 9 heterocycles. The van der Waals surface area contributed by atoms with E-state index in [1.807, 2.05) is 88.3 Å². The van der Waals surface area contributed by atoms with Crippen molar-refractivity contribution >= 4 is 58.7 Å². The maximum absolute atomic E-state index is 14.2. The summed E-state index contributed by atoms with van der Waals surface area (Å²) in [5, 5.41) is 78.4. The SMILES string of the molecule is Cc1cc(NC(=O)NC2c3cc(F)c(F)cc3C(C)(C)C[C@H]2O)c(C2CCOCC2)nc1C(=O)NCC(C)(C)O.Cc1cc(NC(=O)NC2c3cc(F)c(F)cc3C(C)(C)C[C@H]2O)c(C2CCOCC2)nc1C(N)=O.Cc1cnc(C2CCOCC2)c(NC(=O)NC2c3cc(F)c(F)cc3C(C)(C)C[C@H]2O)c1.Cc1ncc(-c2nc(C3CCOCC3)c(NC(=O)NC3c4cc(F)c(F)cc4C(C)(C)C[C@H]3O)cc2C)cn1. The molecule has 31 nitrogen and oxygen atoms in total. The fourth-order valence-electron chi connectivity index (χ4n) is 21.0. The van der Waals surface area contributed by atoms with Crippen LogP contribution >= 0.6 is 0 Å². The third-order valence-electron chi connectivity index (χ3n) is 28.6. The molecule has 39 heteroatoms. The fourth-order valence-corrected chi connectivity index (χ4v) is 21.0. The van der Waals surface area contributed by atoms with Crippen molar-refractivity contribution in [2.45, 2.75) is 280 Å². The van der Waals surface area contributed by atoms with Crippen molar-refractivity contribution in [1.29, 1.82) is 0 Å². The minimum atomic E-state index is -1.10. The second kappa shape index (κ2) is 45.2. The van der Waals surface area contributed by atoms with Crippen molar-refractivity contribution in [2.24, 2.45) is 5.73 Å². The van der Waals surface area contributed by atoms with Gasteiger partial charge in [0.1, 0.15) is 17.2 Å². The molecule has 0 spiro atoms. The minimum Gasteiger partial charge on any atom is -0.391 e. The standard InChI is InChI=1S/C29H33F2N5O3.C29H38F2N4O5.C25H30F2N4O4.C24H29F2N3O3/c1-15-9-23(26(17-5-7-39-8-6-17)35-25(15)18-13-32-16(2)33-14-18)34-28(38)36-27-19-10-21(30)22(31)11-20(19)29(3,4)12-24(27)37;1-15-10-21(24(16-6-8-40-9-7-16)34-23(15)26(37)32-14-29(4,5)39)33-27(38)35-25-17-11-19(30)20(31)12-18(17)28(2,3)13-22(25)36;1-12-8-18(21(30-20(12)23(28)33)13-4-6-35-7-5-13)29-24(34)31-22-14-9-16(26)17(27)10-15(14)25(2,3)11-19(22)32;1-13-8-19(21(27-12-13)14-4-6-32-7-5-14)28-23(31)29-22-15-9-17(25)18(26)10-16(15)24(2,3)11-20(22)30/h9-11,13-14,17,24,27,37H,5-8,12H2,1-4H3,(H2,34,36,38);10-12,16,22,25,36,39H,6-9,13-14H2,1-5H3,(H,32,37)(H2,33,35,38);8-10,13,19,22,32H,4-7,11H2,1-3H3,(H2,28,33)(H2,29,31,34);8-10,12,14,20,22,30H,4-7,11H2,1-3H3,(H2,28,29,31)/t24-,27?;22-,25?;19-,22?;20-,22?/m1111/s1. The number of primary amides is 1. The van der Waals surface area contributed by atoms with Crippen molar-refractivity contribution in [3.05, 3.63) is 245 Å². The molecular weight excluding hydrogens is 1900 g/mol. The number of rotatable bonds is 17. The number of aryl methyl sites for hydroxylation is 5. The molecule has 0 radical (unpaired) electrons. The summed E-state index contributed by atoms with van der Waals surface area (Å²) < 4.78 is 135. The van der Waals surface area contributed by atoms with Crippen LogP contribution in [0.15, 0.2) is 91.4 Å². The molecule has 146 heavy (non-hydrogen) atoms. The van der Waals surface area contributed by atoms with Gasteiger partial charge in [0, 0.05) is 107 Å². The Morgan fingerprint density at radius 3 is 0.959 bits per heavy atom. The molecule has 4 saturated heterocycles. The second-order valence-electron chi connectivity index (χ2n) is 42.5. The fraction of sp³-hybridized carbons (Fsp3) is 0.495. The number of anilines is 4. The van der Waals surface area contributed by atoms with Crippen molar-refractivity contribution in [2.75, 3.05) is 80.7 Å². The monoisotopic (exact) mass is 2030 g/mol. The normalized spacial score (nSPS) is 21.5. The first kappa shape index (κ1) is 109. The number of nitrogens with zero attached hydrogens (tertiary/aromatic N) is 6. The number of aliphatic hydroxyl groups excluding tert-OH is 4. The lowest BCUT2D eigenvalue weighted by atomic mass is 9.69. The lowest BCUT2D eigenvalue weighted by Crippen LogP contribution is -2.45. The van der Waals surface area contributed by atoms with Crippen LogP contribution < -0.4 is 53.6 Å². The second-order valence-corrected chi connectivity index (χ2v) is 42.5. The molecule has 16 N–H and O–H groups in total. The summed E-state index contributed by atoms with van der Waals surface area (Å²) in [6.07, 6.45) is 8.09. The zero-order valence-electron chi connectivity index (χ0n) is 84.5. The number of nitrogens with two attached hydrogens (primary N) is 1. The van der Waals surface area contributed by atoms with Gasteiger partial charge in [0.15, 0.2) is 46.5 Å². The quantitative estimate of drug-likeness (QED) is 0.0376. The number of amides is 10. The molecule has 8 aliphatic rings. The van der Waals surface area contributed by atoms with Crippen LogP contribution in [-0.4, -0.2) is 181 Å². The summed E-state index contributed by atoms with van der Waals surface area (Å²) in [4.78, 5) is 105.